The minimum Gasteiger partial charge on any atom is -0.494 e. The third-order valence-electron chi connectivity index (χ3n) is 3.34. The Hall–Kier alpha value is -2.54. The van der Waals surface area contributed by atoms with E-state index in [1.807, 2.05) is 19.1 Å². The SMILES string of the molecule is CCOc1ccc(OCCNC(=O)c2ccc(S(C)(=O)=O)cc2)cc1. The van der Waals surface area contributed by atoms with E-state index in [0.29, 0.717) is 31.1 Å². The molecule has 0 heterocycles. The monoisotopic (exact) mass is 363 g/mol. The van der Waals surface area contributed by atoms with Crippen molar-refractivity contribution < 1.29 is 22.7 Å². The molecule has 0 bridgehead atoms. The second-order valence-electron chi connectivity index (χ2n) is 5.31. The summed E-state index contributed by atoms with van der Waals surface area (Å²) in [6, 6.07) is 13.0. The van der Waals surface area contributed by atoms with Crippen molar-refractivity contribution in [1.29, 1.82) is 0 Å². The lowest BCUT2D eigenvalue weighted by Crippen LogP contribution is -2.28. The molecule has 0 spiro atoms. The zero-order valence-electron chi connectivity index (χ0n) is 14.2. The molecule has 134 valence electrons. The van der Waals surface area contributed by atoms with Crippen LogP contribution in [-0.2, 0) is 9.84 Å². The fraction of sp³-hybridized carbons (Fsp3) is 0.278. The molecular weight excluding hydrogens is 342 g/mol. The number of amides is 1. The Morgan fingerprint density at radius 1 is 0.960 bits per heavy atom. The zero-order valence-corrected chi connectivity index (χ0v) is 15.0. The molecule has 0 aliphatic rings. The molecule has 0 unspecified atom stereocenters. The van der Waals surface area contributed by atoms with Crippen LogP contribution >= 0.6 is 0 Å². The Morgan fingerprint density at radius 3 is 2.04 bits per heavy atom. The third-order valence-corrected chi connectivity index (χ3v) is 4.46. The fourth-order valence-corrected chi connectivity index (χ4v) is 2.72. The summed E-state index contributed by atoms with van der Waals surface area (Å²) < 4.78 is 33.7. The molecule has 0 saturated heterocycles. The Balaban J connectivity index is 1.78. The maximum atomic E-state index is 12.0. The Morgan fingerprint density at radius 2 is 1.52 bits per heavy atom. The van der Waals surface area contributed by atoms with Gasteiger partial charge < -0.3 is 14.8 Å². The summed E-state index contributed by atoms with van der Waals surface area (Å²) >= 11 is 0. The average Bonchev–Trinajstić information content (AvgIpc) is 2.59. The van der Waals surface area contributed by atoms with E-state index in [1.54, 1.807) is 12.1 Å². The molecule has 0 saturated carbocycles. The molecule has 0 fully saturated rings. The summed E-state index contributed by atoms with van der Waals surface area (Å²) in [6.45, 7) is 3.18. The number of benzene rings is 2. The number of ether oxygens (including phenoxy) is 2. The first-order chi connectivity index (χ1) is 11.9. The number of rotatable bonds is 8. The summed E-state index contributed by atoms with van der Waals surface area (Å²) in [5.74, 6) is 1.19. The van der Waals surface area contributed by atoms with Crippen LogP contribution in [0.4, 0.5) is 0 Å². The summed E-state index contributed by atoms with van der Waals surface area (Å²) in [4.78, 5) is 12.2. The summed E-state index contributed by atoms with van der Waals surface area (Å²) in [5.41, 5.74) is 0.397. The van der Waals surface area contributed by atoms with E-state index in [-0.39, 0.29) is 10.8 Å². The molecule has 0 aliphatic carbocycles. The number of hydrogen-bond donors (Lipinski definition) is 1. The summed E-state index contributed by atoms with van der Waals surface area (Å²) in [5, 5.41) is 2.72. The van der Waals surface area contributed by atoms with Crippen molar-refractivity contribution in [3.05, 3.63) is 54.1 Å². The lowest BCUT2D eigenvalue weighted by atomic mass is 10.2. The topological polar surface area (TPSA) is 81.7 Å². The first-order valence-electron chi connectivity index (χ1n) is 7.84. The van der Waals surface area contributed by atoms with Gasteiger partial charge in [0.2, 0.25) is 0 Å². The van der Waals surface area contributed by atoms with Crippen molar-refractivity contribution in [3.8, 4) is 11.5 Å². The van der Waals surface area contributed by atoms with Gasteiger partial charge in [-0.05, 0) is 55.5 Å². The van der Waals surface area contributed by atoms with Gasteiger partial charge in [-0.3, -0.25) is 4.79 Å². The Labute approximate surface area is 147 Å². The van der Waals surface area contributed by atoms with Crippen LogP contribution in [0, 0.1) is 0 Å². The number of carbonyl (C=O) groups excluding carboxylic acids is 1. The van der Waals surface area contributed by atoms with E-state index in [4.69, 9.17) is 9.47 Å². The van der Waals surface area contributed by atoms with Gasteiger partial charge in [0.1, 0.15) is 18.1 Å². The quantitative estimate of drug-likeness (QED) is 0.728. The highest BCUT2D eigenvalue weighted by molar-refractivity contribution is 7.90. The minimum atomic E-state index is -3.26. The van der Waals surface area contributed by atoms with Crippen LogP contribution in [0.5, 0.6) is 11.5 Å². The van der Waals surface area contributed by atoms with Crippen molar-refractivity contribution in [2.24, 2.45) is 0 Å². The lowest BCUT2D eigenvalue weighted by Gasteiger charge is -2.09. The van der Waals surface area contributed by atoms with Gasteiger partial charge >= 0.3 is 0 Å². The highest BCUT2D eigenvalue weighted by Crippen LogP contribution is 2.17. The predicted molar refractivity (Wildman–Crippen MR) is 95.0 cm³/mol. The van der Waals surface area contributed by atoms with Crippen molar-refractivity contribution in [3.63, 3.8) is 0 Å². The number of carbonyl (C=O) groups is 1. The number of sulfone groups is 1. The molecule has 1 amide bonds. The average molecular weight is 363 g/mol. The summed E-state index contributed by atoms with van der Waals surface area (Å²) in [6.07, 6.45) is 1.13. The zero-order chi connectivity index (χ0) is 18.3. The second kappa shape index (κ2) is 8.53. The lowest BCUT2D eigenvalue weighted by molar-refractivity contribution is 0.0947. The van der Waals surface area contributed by atoms with E-state index in [2.05, 4.69) is 5.32 Å². The van der Waals surface area contributed by atoms with Crippen LogP contribution in [-0.4, -0.2) is 40.3 Å². The molecular formula is C18H21NO5S. The van der Waals surface area contributed by atoms with Crippen LogP contribution in [0.15, 0.2) is 53.4 Å². The van der Waals surface area contributed by atoms with Gasteiger partial charge in [-0.1, -0.05) is 0 Å². The first kappa shape index (κ1) is 18.8. The van der Waals surface area contributed by atoms with Crippen molar-refractivity contribution in [1.82, 2.24) is 5.32 Å². The molecule has 2 aromatic carbocycles. The van der Waals surface area contributed by atoms with Crippen LogP contribution < -0.4 is 14.8 Å². The minimum absolute atomic E-state index is 0.183. The maximum Gasteiger partial charge on any atom is 0.251 e. The number of nitrogens with one attached hydrogen (secondary N) is 1. The van der Waals surface area contributed by atoms with E-state index >= 15 is 0 Å². The molecule has 7 heteroatoms. The van der Waals surface area contributed by atoms with Gasteiger partial charge in [-0.15, -0.1) is 0 Å². The standard InChI is InChI=1S/C18H21NO5S/c1-3-23-15-6-8-16(9-7-15)24-13-12-19-18(20)14-4-10-17(11-5-14)25(2,21)22/h4-11H,3,12-13H2,1-2H3,(H,19,20). The third kappa shape index (κ3) is 5.79. The molecule has 25 heavy (non-hydrogen) atoms. The Bertz CT molecular complexity index is 798. The predicted octanol–water partition coefficient (Wildman–Crippen LogP) is 2.30. The van der Waals surface area contributed by atoms with Gasteiger partial charge in [-0.2, -0.15) is 0 Å². The maximum absolute atomic E-state index is 12.0. The van der Waals surface area contributed by atoms with Crippen LogP contribution in [0.2, 0.25) is 0 Å². The van der Waals surface area contributed by atoms with Gasteiger partial charge in [0.25, 0.3) is 5.91 Å². The van der Waals surface area contributed by atoms with Gasteiger partial charge in [0.15, 0.2) is 9.84 Å². The molecule has 6 nitrogen and oxygen atoms in total. The van der Waals surface area contributed by atoms with Crippen LogP contribution in [0.3, 0.4) is 0 Å². The van der Waals surface area contributed by atoms with Gasteiger partial charge in [-0.25, -0.2) is 8.42 Å². The van der Waals surface area contributed by atoms with Crippen molar-refractivity contribution in [2.45, 2.75) is 11.8 Å². The van der Waals surface area contributed by atoms with Crippen LogP contribution in [0.25, 0.3) is 0 Å². The van der Waals surface area contributed by atoms with E-state index < -0.39 is 9.84 Å². The molecule has 0 radical (unpaired) electrons. The van der Waals surface area contributed by atoms with Crippen molar-refractivity contribution in [2.75, 3.05) is 26.0 Å². The molecule has 0 aromatic heterocycles. The summed E-state index contributed by atoms with van der Waals surface area (Å²) in [7, 11) is -3.26. The normalized spacial score (nSPS) is 11.0. The van der Waals surface area contributed by atoms with E-state index in [9.17, 15) is 13.2 Å². The van der Waals surface area contributed by atoms with E-state index in [1.165, 1.54) is 24.3 Å². The molecule has 1 N–H and O–H groups in total. The number of hydrogen-bond acceptors (Lipinski definition) is 5. The fourth-order valence-electron chi connectivity index (χ4n) is 2.09. The largest absolute Gasteiger partial charge is 0.494 e. The molecule has 0 atom stereocenters. The highest BCUT2D eigenvalue weighted by atomic mass is 32.2. The van der Waals surface area contributed by atoms with Crippen LogP contribution in [0.1, 0.15) is 17.3 Å². The smallest absolute Gasteiger partial charge is 0.251 e. The van der Waals surface area contributed by atoms with Crippen molar-refractivity contribution >= 4 is 15.7 Å². The second-order valence-corrected chi connectivity index (χ2v) is 7.32. The van der Waals surface area contributed by atoms with E-state index in [0.717, 1.165) is 12.0 Å². The highest BCUT2D eigenvalue weighted by Gasteiger charge is 2.09. The van der Waals surface area contributed by atoms with Gasteiger partial charge in [0.05, 0.1) is 18.0 Å². The molecule has 2 rings (SSSR count). The Kier molecular flexibility index (Phi) is 6.41. The molecule has 0 aliphatic heterocycles. The van der Waals surface area contributed by atoms with Gasteiger partial charge in [0, 0.05) is 11.8 Å². The molecule has 2 aromatic rings. The first-order valence-corrected chi connectivity index (χ1v) is 9.73.